The SMILES string of the molecule is CC(C)(C)OC(=O)N1CCC(O)(CNc2c([N+](=O)[O-])cnc3ccccc23)CC1. The van der Waals surface area contributed by atoms with Gasteiger partial charge in [-0.2, -0.15) is 0 Å². The minimum absolute atomic E-state index is 0.129. The van der Waals surface area contributed by atoms with E-state index in [1.165, 1.54) is 6.20 Å². The van der Waals surface area contributed by atoms with E-state index in [2.05, 4.69) is 10.3 Å². The summed E-state index contributed by atoms with van der Waals surface area (Å²) in [5.41, 5.74) is -0.834. The number of likely N-dealkylation sites (tertiary alicyclic amines) is 1. The van der Waals surface area contributed by atoms with E-state index in [9.17, 15) is 20.0 Å². The molecule has 1 aliphatic heterocycles. The Bertz CT molecular complexity index is 917. The number of carbonyl (C=O) groups excluding carboxylic acids is 1. The van der Waals surface area contributed by atoms with Crippen LogP contribution in [0.15, 0.2) is 30.5 Å². The van der Waals surface area contributed by atoms with Crippen LogP contribution >= 0.6 is 0 Å². The van der Waals surface area contributed by atoms with Gasteiger partial charge in [-0.1, -0.05) is 18.2 Å². The number of anilines is 1. The molecule has 156 valence electrons. The Kier molecular flexibility index (Phi) is 5.61. The molecule has 1 aromatic carbocycles. The number of ether oxygens (including phenoxy) is 1. The van der Waals surface area contributed by atoms with Gasteiger partial charge in [-0.15, -0.1) is 0 Å². The molecule has 1 amide bonds. The molecule has 2 heterocycles. The van der Waals surface area contributed by atoms with Gasteiger partial charge >= 0.3 is 11.8 Å². The first-order valence-corrected chi connectivity index (χ1v) is 9.54. The molecule has 1 saturated heterocycles. The number of aromatic nitrogens is 1. The number of rotatable bonds is 4. The van der Waals surface area contributed by atoms with E-state index < -0.39 is 22.2 Å². The van der Waals surface area contributed by atoms with Crippen molar-refractivity contribution in [3.63, 3.8) is 0 Å². The van der Waals surface area contributed by atoms with Crippen molar-refractivity contribution in [2.45, 2.75) is 44.8 Å². The zero-order valence-corrected chi connectivity index (χ0v) is 16.8. The Hall–Kier alpha value is -2.94. The maximum atomic E-state index is 12.2. The average Bonchev–Trinajstić information content (AvgIpc) is 2.65. The second-order valence-corrected chi connectivity index (χ2v) is 8.34. The highest BCUT2D eigenvalue weighted by Crippen LogP contribution is 2.33. The van der Waals surface area contributed by atoms with Crippen molar-refractivity contribution < 1.29 is 19.6 Å². The number of nitrogens with one attached hydrogen (secondary N) is 1. The molecule has 0 saturated carbocycles. The predicted molar refractivity (Wildman–Crippen MR) is 109 cm³/mol. The quantitative estimate of drug-likeness (QED) is 0.595. The monoisotopic (exact) mass is 402 g/mol. The van der Waals surface area contributed by atoms with Crippen molar-refractivity contribution in [2.24, 2.45) is 0 Å². The predicted octanol–water partition coefficient (Wildman–Crippen LogP) is 3.32. The molecule has 0 bridgehead atoms. The second-order valence-electron chi connectivity index (χ2n) is 8.34. The van der Waals surface area contributed by atoms with Crippen molar-refractivity contribution in [2.75, 3.05) is 25.0 Å². The van der Waals surface area contributed by atoms with Crippen LogP contribution in [0.5, 0.6) is 0 Å². The van der Waals surface area contributed by atoms with E-state index >= 15 is 0 Å². The van der Waals surface area contributed by atoms with E-state index in [0.717, 1.165) is 0 Å². The highest BCUT2D eigenvalue weighted by atomic mass is 16.6. The number of hydrogen-bond donors (Lipinski definition) is 2. The van der Waals surface area contributed by atoms with Crippen LogP contribution in [-0.2, 0) is 4.74 Å². The summed E-state index contributed by atoms with van der Waals surface area (Å²) >= 11 is 0. The Labute approximate surface area is 168 Å². The third-order valence-electron chi connectivity index (χ3n) is 4.89. The molecule has 0 aliphatic carbocycles. The molecule has 2 aromatic rings. The maximum absolute atomic E-state index is 12.2. The molecular weight excluding hydrogens is 376 g/mol. The summed E-state index contributed by atoms with van der Waals surface area (Å²) in [6.45, 7) is 6.26. The molecule has 1 fully saturated rings. The number of nitrogens with zero attached hydrogens (tertiary/aromatic N) is 3. The van der Waals surface area contributed by atoms with Crippen LogP contribution in [0.1, 0.15) is 33.6 Å². The second kappa shape index (κ2) is 7.82. The van der Waals surface area contributed by atoms with E-state index in [1.54, 1.807) is 43.9 Å². The summed E-state index contributed by atoms with van der Waals surface area (Å²) in [5, 5.41) is 26.1. The number of benzene rings is 1. The molecular formula is C20H26N4O5. The number of piperidine rings is 1. The Balaban J connectivity index is 1.70. The van der Waals surface area contributed by atoms with Gasteiger partial charge in [0.1, 0.15) is 17.5 Å². The van der Waals surface area contributed by atoms with Gasteiger partial charge in [0.15, 0.2) is 0 Å². The number of fused-ring (bicyclic) bond motifs is 1. The van der Waals surface area contributed by atoms with Gasteiger partial charge < -0.3 is 20.1 Å². The zero-order chi connectivity index (χ0) is 21.2. The molecule has 0 spiro atoms. The van der Waals surface area contributed by atoms with Crippen LogP contribution in [0.4, 0.5) is 16.2 Å². The number of aliphatic hydroxyl groups is 1. The Morgan fingerprint density at radius 1 is 1.34 bits per heavy atom. The van der Waals surface area contributed by atoms with Gasteiger partial charge in [-0.05, 0) is 39.7 Å². The molecule has 1 aromatic heterocycles. The number of nitro groups is 1. The first-order valence-electron chi connectivity index (χ1n) is 9.54. The molecule has 0 unspecified atom stereocenters. The molecule has 9 heteroatoms. The van der Waals surface area contributed by atoms with Crippen molar-refractivity contribution >= 4 is 28.4 Å². The van der Waals surface area contributed by atoms with Gasteiger partial charge in [-0.3, -0.25) is 10.1 Å². The lowest BCUT2D eigenvalue weighted by Crippen LogP contribution is -2.50. The van der Waals surface area contributed by atoms with Gasteiger partial charge in [-0.25, -0.2) is 9.78 Å². The van der Waals surface area contributed by atoms with Crippen LogP contribution in [0.3, 0.4) is 0 Å². The fourth-order valence-electron chi connectivity index (χ4n) is 3.32. The highest BCUT2D eigenvalue weighted by Gasteiger charge is 2.36. The Morgan fingerprint density at radius 2 is 2.00 bits per heavy atom. The van der Waals surface area contributed by atoms with Crippen LogP contribution in [-0.4, -0.2) is 56.8 Å². The molecule has 2 N–H and O–H groups in total. The van der Waals surface area contributed by atoms with E-state index in [1.807, 2.05) is 6.07 Å². The molecule has 1 aliphatic rings. The highest BCUT2D eigenvalue weighted by molar-refractivity contribution is 5.95. The largest absolute Gasteiger partial charge is 0.444 e. The smallest absolute Gasteiger partial charge is 0.410 e. The summed E-state index contributed by atoms with van der Waals surface area (Å²) in [7, 11) is 0. The van der Waals surface area contributed by atoms with Crippen LogP contribution in [0.2, 0.25) is 0 Å². The fraction of sp³-hybridized carbons (Fsp3) is 0.500. The van der Waals surface area contributed by atoms with Crippen LogP contribution in [0.25, 0.3) is 10.9 Å². The normalized spacial score (nSPS) is 16.5. The maximum Gasteiger partial charge on any atom is 0.410 e. The number of para-hydroxylation sites is 1. The van der Waals surface area contributed by atoms with Gasteiger partial charge in [0.25, 0.3) is 0 Å². The molecule has 3 rings (SSSR count). The van der Waals surface area contributed by atoms with Crippen molar-refractivity contribution in [1.82, 2.24) is 9.88 Å². The standard InChI is InChI=1S/C20H26N4O5/c1-19(2,3)29-18(25)23-10-8-20(26,9-11-23)13-22-17-14-6-4-5-7-15(14)21-12-16(17)24(27)28/h4-7,12,26H,8-11,13H2,1-3H3,(H,21,22). The van der Waals surface area contributed by atoms with Crippen LogP contribution < -0.4 is 5.32 Å². The van der Waals surface area contributed by atoms with Gasteiger partial charge in [0.2, 0.25) is 0 Å². The van der Waals surface area contributed by atoms with Crippen molar-refractivity contribution in [3.05, 3.63) is 40.6 Å². The summed E-state index contributed by atoms with van der Waals surface area (Å²) in [4.78, 5) is 28.8. The topological polar surface area (TPSA) is 118 Å². The van der Waals surface area contributed by atoms with E-state index in [4.69, 9.17) is 4.74 Å². The molecule has 0 radical (unpaired) electrons. The number of amides is 1. The number of hydrogen-bond acceptors (Lipinski definition) is 7. The lowest BCUT2D eigenvalue weighted by Gasteiger charge is -2.38. The molecule has 29 heavy (non-hydrogen) atoms. The summed E-state index contributed by atoms with van der Waals surface area (Å²) < 4.78 is 5.37. The van der Waals surface area contributed by atoms with E-state index in [-0.39, 0.29) is 12.2 Å². The van der Waals surface area contributed by atoms with Crippen molar-refractivity contribution in [3.8, 4) is 0 Å². The summed E-state index contributed by atoms with van der Waals surface area (Å²) in [5.74, 6) is 0. The fourth-order valence-corrected chi connectivity index (χ4v) is 3.32. The third kappa shape index (κ3) is 4.92. The summed E-state index contributed by atoms with van der Waals surface area (Å²) in [6, 6.07) is 7.13. The first-order chi connectivity index (χ1) is 13.6. The number of carbonyl (C=O) groups is 1. The Morgan fingerprint density at radius 3 is 2.62 bits per heavy atom. The minimum Gasteiger partial charge on any atom is -0.444 e. The van der Waals surface area contributed by atoms with Crippen LogP contribution in [0, 0.1) is 10.1 Å². The third-order valence-corrected chi connectivity index (χ3v) is 4.89. The lowest BCUT2D eigenvalue weighted by atomic mass is 9.91. The van der Waals surface area contributed by atoms with Gasteiger partial charge in [0.05, 0.1) is 16.0 Å². The molecule has 0 atom stereocenters. The zero-order valence-electron chi connectivity index (χ0n) is 16.8. The first kappa shape index (κ1) is 20.8. The summed E-state index contributed by atoms with van der Waals surface area (Å²) in [6.07, 6.45) is 1.51. The minimum atomic E-state index is -1.09. The van der Waals surface area contributed by atoms with Crippen molar-refractivity contribution in [1.29, 1.82) is 0 Å². The number of pyridine rings is 1. The lowest BCUT2D eigenvalue weighted by molar-refractivity contribution is -0.384. The average molecular weight is 402 g/mol. The van der Waals surface area contributed by atoms with E-state index in [0.29, 0.717) is 42.5 Å². The van der Waals surface area contributed by atoms with Gasteiger partial charge in [0, 0.05) is 25.0 Å². The molecule has 9 nitrogen and oxygen atoms in total.